The van der Waals surface area contributed by atoms with E-state index in [0.29, 0.717) is 11.5 Å². The summed E-state index contributed by atoms with van der Waals surface area (Å²) >= 11 is 0. The highest BCUT2D eigenvalue weighted by Gasteiger charge is 2.19. The number of carbonyl (C=O) groups is 1. The van der Waals surface area contributed by atoms with Crippen molar-refractivity contribution in [1.82, 2.24) is 5.32 Å². The monoisotopic (exact) mass is 221 g/mol. The highest BCUT2D eigenvalue weighted by molar-refractivity contribution is 5.55. The van der Waals surface area contributed by atoms with Gasteiger partial charge in [0, 0.05) is 6.42 Å². The highest BCUT2D eigenvalue weighted by atomic mass is 19.1. The smallest absolute Gasteiger partial charge is 0.130 e. The van der Waals surface area contributed by atoms with E-state index >= 15 is 0 Å². The van der Waals surface area contributed by atoms with Gasteiger partial charge in [0.15, 0.2) is 0 Å². The van der Waals surface area contributed by atoms with E-state index in [4.69, 9.17) is 0 Å². The van der Waals surface area contributed by atoms with Gasteiger partial charge in [0.2, 0.25) is 0 Å². The molecule has 0 amide bonds. The molecule has 1 heterocycles. The first-order chi connectivity index (χ1) is 7.83. The average Bonchev–Trinajstić information content (AvgIpc) is 2.33. The van der Waals surface area contributed by atoms with Crippen molar-refractivity contribution in [3.63, 3.8) is 0 Å². The van der Waals surface area contributed by atoms with Gasteiger partial charge in [0.25, 0.3) is 0 Å². The molecule has 0 saturated carbocycles. The Morgan fingerprint density at radius 3 is 2.81 bits per heavy atom. The van der Waals surface area contributed by atoms with Crippen LogP contribution in [-0.4, -0.2) is 19.4 Å². The number of halogens is 1. The van der Waals surface area contributed by atoms with Crippen LogP contribution in [0.5, 0.6) is 0 Å². The number of rotatable bonds is 3. The molecule has 2 rings (SSSR count). The lowest BCUT2D eigenvalue weighted by atomic mass is 9.88. The second-order valence-corrected chi connectivity index (χ2v) is 4.22. The molecule has 0 aromatic heterocycles. The predicted molar refractivity (Wildman–Crippen MR) is 61.0 cm³/mol. The summed E-state index contributed by atoms with van der Waals surface area (Å²) in [6.07, 6.45) is 2.87. The molecular weight excluding hydrogens is 205 g/mol. The van der Waals surface area contributed by atoms with Gasteiger partial charge in [-0.3, -0.25) is 0 Å². The minimum absolute atomic E-state index is 0.171. The van der Waals surface area contributed by atoms with Crippen LogP contribution in [0.3, 0.4) is 0 Å². The summed E-state index contributed by atoms with van der Waals surface area (Å²) in [5.41, 5.74) is 1.30. The zero-order valence-electron chi connectivity index (χ0n) is 9.21. The molecular formula is C13H16FNO. The van der Waals surface area contributed by atoms with Crippen LogP contribution in [0.25, 0.3) is 0 Å². The summed E-state index contributed by atoms with van der Waals surface area (Å²) < 4.78 is 14.1. The van der Waals surface area contributed by atoms with Gasteiger partial charge in [-0.05, 0) is 43.0 Å². The standard InChI is InChI=1S/C13H16FNO/c14-13-11(6-9-16)2-1-3-12(13)10-4-7-15-8-5-10/h1-3,9-10,15H,4-8H2. The first kappa shape index (κ1) is 11.3. The maximum atomic E-state index is 14.1. The summed E-state index contributed by atoms with van der Waals surface area (Å²) in [4.78, 5) is 10.4. The second-order valence-electron chi connectivity index (χ2n) is 4.22. The fraction of sp³-hybridized carbons (Fsp3) is 0.462. The maximum Gasteiger partial charge on any atom is 0.130 e. The number of benzene rings is 1. The molecule has 0 radical (unpaired) electrons. The van der Waals surface area contributed by atoms with Crippen molar-refractivity contribution < 1.29 is 9.18 Å². The van der Waals surface area contributed by atoms with E-state index in [1.165, 1.54) is 0 Å². The largest absolute Gasteiger partial charge is 0.317 e. The zero-order valence-corrected chi connectivity index (χ0v) is 9.21. The van der Waals surface area contributed by atoms with Crippen molar-refractivity contribution in [2.75, 3.05) is 13.1 Å². The molecule has 0 bridgehead atoms. The molecule has 1 fully saturated rings. The molecule has 0 atom stereocenters. The van der Waals surface area contributed by atoms with E-state index in [-0.39, 0.29) is 12.2 Å². The van der Waals surface area contributed by atoms with E-state index in [1.54, 1.807) is 6.07 Å². The minimum atomic E-state index is -0.179. The van der Waals surface area contributed by atoms with Crippen molar-refractivity contribution in [3.8, 4) is 0 Å². The van der Waals surface area contributed by atoms with Gasteiger partial charge in [0.05, 0.1) is 0 Å². The van der Waals surface area contributed by atoms with Gasteiger partial charge in [-0.2, -0.15) is 0 Å². The lowest BCUT2D eigenvalue weighted by molar-refractivity contribution is -0.107. The Morgan fingerprint density at radius 1 is 1.38 bits per heavy atom. The molecule has 3 heteroatoms. The topological polar surface area (TPSA) is 29.1 Å². The van der Waals surface area contributed by atoms with Crippen molar-refractivity contribution in [2.45, 2.75) is 25.2 Å². The Hall–Kier alpha value is -1.22. The molecule has 1 aliphatic rings. The molecule has 2 nitrogen and oxygen atoms in total. The van der Waals surface area contributed by atoms with Crippen molar-refractivity contribution in [2.24, 2.45) is 0 Å². The van der Waals surface area contributed by atoms with Crippen LogP contribution in [-0.2, 0) is 11.2 Å². The van der Waals surface area contributed by atoms with Crippen LogP contribution in [0.15, 0.2) is 18.2 Å². The molecule has 1 aromatic carbocycles. The van der Waals surface area contributed by atoms with Crippen molar-refractivity contribution in [3.05, 3.63) is 35.1 Å². The Bertz CT molecular complexity index is 372. The van der Waals surface area contributed by atoms with E-state index in [1.807, 2.05) is 12.1 Å². The predicted octanol–water partition coefficient (Wildman–Crippen LogP) is 2.03. The summed E-state index contributed by atoms with van der Waals surface area (Å²) in [6.45, 7) is 1.89. The average molecular weight is 221 g/mol. The molecule has 1 aliphatic heterocycles. The molecule has 1 N–H and O–H groups in total. The number of hydrogen-bond acceptors (Lipinski definition) is 2. The normalized spacial score (nSPS) is 17.3. The van der Waals surface area contributed by atoms with E-state index < -0.39 is 0 Å². The van der Waals surface area contributed by atoms with Crippen LogP contribution in [0.1, 0.15) is 29.9 Å². The van der Waals surface area contributed by atoms with Crippen LogP contribution in [0.2, 0.25) is 0 Å². The van der Waals surface area contributed by atoms with E-state index in [2.05, 4.69) is 5.32 Å². The maximum absolute atomic E-state index is 14.1. The Morgan fingerprint density at radius 2 is 2.12 bits per heavy atom. The molecule has 0 spiro atoms. The summed E-state index contributed by atoms with van der Waals surface area (Å²) in [6, 6.07) is 5.38. The molecule has 86 valence electrons. The third-order valence-electron chi connectivity index (χ3n) is 3.19. The summed E-state index contributed by atoms with van der Waals surface area (Å²) in [5.74, 6) is 0.120. The van der Waals surface area contributed by atoms with Crippen molar-refractivity contribution in [1.29, 1.82) is 0 Å². The lowest BCUT2D eigenvalue weighted by Crippen LogP contribution is -2.27. The van der Waals surface area contributed by atoms with Gasteiger partial charge >= 0.3 is 0 Å². The van der Waals surface area contributed by atoms with Crippen LogP contribution >= 0.6 is 0 Å². The number of carbonyl (C=O) groups excluding carboxylic acids is 1. The Labute approximate surface area is 94.9 Å². The Kier molecular flexibility index (Phi) is 3.67. The number of nitrogens with one attached hydrogen (secondary N) is 1. The lowest BCUT2D eigenvalue weighted by Gasteiger charge is -2.23. The third-order valence-corrected chi connectivity index (χ3v) is 3.19. The highest BCUT2D eigenvalue weighted by Crippen LogP contribution is 2.28. The zero-order chi connectivity index (χ0) is 11.4. The Balaban J connectivity index is 2.25. The molecule has 0 unspecified atom stereocenters. The summed E-state index contributed by atoms with van der Waals surface area (Å²) in [7, 11) is 0. The van der Waals surface area contributed by atoms with Crippen LogP contribution < -0.4 is 5.32 Å². The number of aldehydes is 1. The molecule has 1 aromatic rings. The fourth-order valence-electron chi connectivity index (χ4n) is 2.30. The van der Waals surface area contributed by atoms with Crippen molar-refractivity contribution >= 4 is 6.29 Å². The quantitative estimate of drug-likeness (QED) is 0.791. The van der Waals surface area contributed by atoms with Crippen LogP contribution in [0.4, 0.5) is 4.39 Å². The van der Waals surface area contributed by atoms with E-state index in [0.717, 1.165) is 37.8 Å². The number of piperidine rings is 1. The molecule has 1 saturated heterocycles. The minimum Gasteiger partial charge on any atom is -0.317 e. The van der Waals surface area contributed by atoms with Gasteiger partial charge in [-0.25, -0.2) is 4.39 Å². The van der Waals surface area contributed by atoms with Gasteiger partial charge in [-0.1, -0.05) is 18.2 Å². The van der Waals surface area contributed by atoms with Gasteiger partial charge < -0.3 is 10.1 Å². The molecule has 0 aliphatic carbocycles. The van der Waals surface area contributed by atoms with Crippen LogP contribution in [0, 0.1) is 5.82 Å². The third kappa shape index (κ3) is 2.30. The SMILES string of the molecule is O=CCc1cccc(C2CCNCC2)c1F. The first-order valence-corrected chi connectivity index (χ1v) is 5.74. The summed E-state index contributed by atoms with van der Waals surface area (Å²) in [5, 5.41) is 3.27. The number of hydrogen-bond donors (Lipinski definition) is 1. The molecule has 16 heavy (non-hydrogen) atoms. The van der Waals surface area contributed by atoms with Gasteiger partial charge in [0.1, 0.15) is 12.1 Å². The second kappa shape index (κ2) is 5.21. The first-order valence-electron chi connectivity index (χ1n) is 5.74. The van der Waals surface area contributed by atoms with E-state index in [9.17, 15) is 9.18 Å². The van der Waals surface area contributed by atoms with Gasteiger partial charge in [-0.15, -0.1) is 0 Å². The fourth-order valence-corrected chi connectivity index (χ4v) is 2.30.